The summed E-state index contributed by atoms with van der Waals surface area (Å²) in [6, 6.07) is 9.87. The first-order valence-corrected chi connectivity index (χ1v) is 11.3. The predicted octanol–water partition coefficient (Wildman–Crippen LogP) is 3.84. The quantitative estimate of drug-likeness (QED) is 0.563. The smallest absolute Gasteiger partial charge is 0.242 e. The number of carbonyl (C=O) groups excluding carboxylic acids is 1. The molecule has 1 aliphatic heterocycles. The van der Waals surface area contributed by atoms with Gasteiger partial charge in [-0.05, 0) is 56.4 Å². The molecule has 1 atom stereocenters. The number of carbonyl (C=O) groups is 1. The van der Waals surface area contributed by atoms with E-state index in [1.165, 1.54) is 0 Å². The Labute approximate surface area is 189 Å². The fourth-order valence-electron chi connectivity index (χ4n) is 4.66. The number of hydrogen-bond acceptors (Lipinski definition) is 5. The SMILES string of the molecule is COc1nn(C)c2nc(C)c(CCC(=O)N3CCCC(COc4ccccc4)C3)c(C)c12. The van der Waals surface area contributed by atoms with E-state index in [1.807, 2.05) is 49.2 Å². The number of methoxy groups -OCH3 is 1. The van der Waals surface area contributed by atoms with Gasteiger partial charge in [0.25, 0.3) is 0 Å². The van der Waals surface area contributed by atoms with Crippen LogP contribution in [-0.4, -0.2) is 52.4 Å². The molecule has 1 saturated heterocycles. The Bertz CT molecular complexity index is 1090. The highest BCUT2D eigenvalue weighted by Crippen LogP contribution is 2.30. The number of ether oxygens (including phenoxy) is 2. The van der Waals surface area contributed by atoms with Crippen LogP contribution in [0.4, 0.5) is 0 Å². The van der Waals surface area contributed by atoms with Gasteiger partial charge in [0.15, 0.2) is 5.65 Å². The Morgan fingerprint density at radius 2 is 2.00 bits per heavy atom. The van der Waals surface area contributed by atoms with Crippen molar-refractivity contribution >= 4 is 16.9 Å². The van der Waals surface area contributed by atoms with E-state index in [0.29, 0.717) is 31.2 Å². The van der Waals surface area contributed by atoms with Gasteiger partial charge in [0.05, 0.1) is 19.1 Å². The van der Waals surface area contributed by atoms with Crippen molar-refractivity contribution in [2.24, 2.45) is 13.0 Å². The summed E-state index contributed by atoms with van der Waals surface area (Å²) in [6.07, 6.45) is 3.26. The summed E-state index contributed by atoms with van der Waals surface area (Å²) >= 11 is 0. The van der Waals surface area contributed by atoms with Crippen molar-refractivity contribution in [3.8, 4) is 11.6 Å². The zero-order chi connectivity index (χ0) is 22.7. The van der Waals surface area contributed by atoms with Crippen molar-refractivity contribution in [2.75, 3.05) is 26.8 Å². The van der Waals surface area contributed by atoms with Crippen molar-refractivity contribution in [3.05, 3.63) is 47.2 Å². The average Bonchev–Trinajstić information content (AvgIpc) is 3.13. The summed E-state index contributed by atoms with van der Waals surface area (Å²) in [4.78, 5) is 19.8. The van der Waals surface area contributed by atoms with Gasteiger partial charge in [-0.25, -0.2) is 9.67 Å². The Morgan fingerprint density at radius 3 is 2.75 bits per heavy atom. The Kier molecular flexibility index (Phi) is 6.63. The molecule has 3 aromatic rings. The molecule has 1 aromatic carbocycles. The molecule has 1 fully saturated rings. The van der Waals surface area contributed by atoms with Gasteiger partial charge in [0.2, 0.25) is 11.8 Å². The molecule has 0 radical (unpaired) electrons. The molecule has 1 unspecified atom stereocenters. The second-order valence-corrected chi connectivity index (χ2v) is 8.60. The fraction of sp³-hybridized carbons (Fsp3) is 0.480. The summed E-state index contributed by atoms with van der Waals surface area (Å²) in [6.45, 7) is 6.31. The number of pyridine rings is 1. The maximum absolute atomic E-state index is 13.0. The van der Waals surface area contributed by atoms with Gasteiger partial charge in [-0.1, -0.05) is 18.2 Å². The summed E-state index contributed by atoms with van der Waals surface area (Å²) in [7, 11) is 3.49. The normalized spacial score (nSPS) is 16.4. The van der Waals surface area contributed by atoms with Crippen LogP contribution in [0.2, 0.25) is 0 Å². The van der Waals surface area contributed by atoms with Gasteiger partial charge in [0.1, 0.15) is 5.75 Å². The zero-order valence-electron chi connectivity index (χ0n) is 19.4. The molecule has 170 valence electrons. The molecule has 7 heteroatoms. The van der Waals surface area contributed by atoms with Crippen LogP contribution in [0, 0.1) is 19.8 Å². The second-order valence-electron chi connectivity index (χ2n) is 8.60. The first-order valence-electron chi connectivity index (χ1n) is 11.3. The molecule has 7 nitrogen and oxygen atoms in total. The minimum atomic E-state index is 0.200. The maximum atomic E-state index is 13.0. The number of piperidine rings is 1. The fourth-order valence-corrected chi connectivity index (χ4v) is 4.66. The monoisotopic (exact) mass is 436 g/mol. The lowest BCUT2D eigenvalue weighted by atomic mass is 9.97. The van der Waals surface area contributed by atoms with Gasteiger partial charge in [0, 0.05) is 38.2 Å². The van der Waals surface area contributed by atoms with Gasteiger partial charge in [-0.15, -0.1) is 5.10 Å². The lowest BCUT2D eigenvalue weighted by Crippen LogP contribution is -2.41. The van der Waals surface area contributed by atoms with Crippen molar-refractivity contribution in [3.63, 3.8) is 0 Å². The number of fused-ring (bicyclic) bond motifs is 1. The molecule has 32 heavy (non-hydrogen) atoms. The molecule has 1 aliphatic rings. The third kappa shape index (κ3) is 4.56. The minimum absolute atomic E-state index is 0.200. The van der Waals surface area contributed by atoms with Gasteiger partial charge >= 0.3 is 0 Å². The minimum Gasteiger partial charge on any atom is -0.493 e. The Hall–Kier alpha value is -3.09. The molecule has 0 saturated carbocycles. The number of benzene rings is 1. The van der Waals surface area contributed by atoms with Crippen LogP contribution in [0.15, 0.2) is 30.3 Å². The van der Waals surface area contributed by atoms with E-state index in [-0.39, 0.29) is 5.91 Å². The van der Waals surface area contributed by atoms with Crippen LogP contribution in [0.5, 0.6) is 11.6 Å². The lowest BCUT2D eigenvalue weighted by molar-refractivity contribution is -0.133. The number of hydrogen-bond donors (Lipinski definition) is 0. The van der Waals surface area contributed by atoms with E-state index >= 15 is 0 Å². The molecular formula is C25H32N4O3. The molecule has 0 aliphatic carbocycles. The van der Waals surface area contributed by atoms with Gasteiger partial charge in [-0.3, -0.25) is 4.79 Å². The topological polar surface area (TPSA) is 69.5 Å². The largest absolute Gasteiger partial charge is 0.493 e. The van der Waals surface area contributed by atoms with Crippen LogP contribution < -0.4 is 9.47 Å². The summed E-state index contributed by atoms with van der Waals surface area (Å²) in [5.41, 5.74) is 3.96. The van der Waals surface area contributed by atoms with Crippen molar-refractivity contribution in [1.82, 2.24) is 19.7 Å². The van der Waals surface area contributed by atoms with E-state index < -0.39 is 0 Å². The summed E-state index contributed by atoms with van der Waals surface area (Å²) in [5.74, 6) is 2.04. The maximum Gasteiger partial charge on any atom is 0.242 e. The van der Waals surface area contributed by atoms with Crippen molar-refractivity contribution < 1.29 is 14.3 Å². The third-order valence-corrected chi connectivity index (χ3v) is 6.41. The third-order valence-electron chi connectivity index (χ3n) is 6.41. The number of para-hydroxylation sites is 1. The number of aryl methyl sites for hydroxylation is 3. The van der Waals surface area contributed by atoms with Crippen molar-refractivity contribution in [2.45, 2.75) is 39.5 Å². The average molecular weight is 437 g/mol. The highest BCUT2D eigenvalue weighted by molar-refractivity contribution is 5.86. The molecule has 0 N–H and O–H groups in total. The van der Waals surface area contributed by atoms with Gasteiger partial charge in [-0.2, -0.15) is 0 Å². The number of nitrogens with zero attached hydrogens (tertiary/aromatic N) is 4. The van der Waals surface area contributed by atoms with Crippen LogP contribution in [-0.2, 0) is 18.3 Å². The highest BCUT2D eigenvalue weighted by atomic mass is 16.5. The highest BCUT2D eigenvalue weighted by Gasteiger charge is 2.25. The van der Waals surface area contributed by atoms with Crippen LogP contribution in [0.1, 0.15) is 36.1 Å². The lowest BCUT2D eigenvalue weighted by Gasteiger charge is -2.33. The van der Waals surface area contributed by atoms with Crippen LogP contribution in [0.3, 0.4) is 0 Å². The molecule has 0 bridgehead atoms. The van der Waals surface area contributed by atoms with Crippen molar-refractivity contribution in [1.29, 1.82) is 0 Å². The predicted molar refractivity (Wildman–Crippen MR) is 124 cm³/mol. The Balaban J connectivity index is 1.39. The van der Waals surface area contributed by atoms with E-state index in [1.54, 1.807) is 11.8 Å². The molecular weight excluding hydrogens is 404 g/mol. The molecule has 1 amide bonds. The van der Waals surface area contributed by atoms with Gasteiger partial charge < -0.3 is 14.4 Å². The zero-order valence-corrected chi connectivity index (χ0v) is 19.4. The Morgan fingerprint density at radius 1 is 1.22 bits per heavy atom. The van der Waals surface area contributed by atoms with Crippen LogP contribution in [0.25, 0.3) is 11.0 Å². The molecule has 2 aromatic heterocycles. The van der Waals surface area contributed by atoms with E-state index in [9.17, 15) is 4.79 Å². The van der Waals surface area contributed by atoms with Crippen LogP contribution >= 0.6 is 0 Å². The first kappa shape index (κ1) is 22.1. The molecule has 0 spiro atoms. The molecule has 3 heterocycles. The standard InChI is InChI=1S/C25H32N4O3/c1-17-21(18(2)26-24-23(17)25(31-4)27-28(24)3)12-13-22(30)29-14-8-9-19(15-29)16-32-20-10-6-5-7-11-20/h5-7,10-11,19H,8-9,12-16H2,1-4H3. The van der Waals surface area contributed by atoms with E-state index in [4.69, 9.17) is 14.5 Å². The van der Waals surface area contributed by atoms with E-state index in [0.717, 1.165) is 59.5 Å². The number of aromatic nitrogens is 3. The molecule has 4 rings (SSSR count). The summed E-state index contributed by atoms with van der Waals surface area (Å²) in [5, 5.41) is 5.34. The first-order chi connectivity index (χ1) is 15.5. The summed E-state index contributed by atoms with van der Waals surface area (Å²) < 4.78 is 13.1. The number of rotatable bonds is 7. The number of amides is 1. The van der Waals surface area contributed by atoms with E-state index in [2.05, 4.69) is 12.0 Å². The number of likely N-dealkylation sites (tertiary alicyclic amines) is 1. The second kappa shape index (κ2) is 9.59.